The van der Waals surface area contributed by atoms with Gasteiger partial charge in [-0.2, -0.15) is 13.2 Å². The molecule has 2 aromatic rings. The Morgan fingerprint density at radius 2 is 1.79 bits per heavy atom. The van der Waals surface area contributed by atoms with Crippen LogP contribution < -0.4 is 10.2 Å². The van der Waals surface area contributed by atoms with E-state index in [2.05, 4.69) is 27.3 Å². The molecule has 184 valence electrons. The summed E-state index contributed by atoms with van der Waals surface area (Å²) in [6.07, 6.45) is -0.564. The van der Waals surface area contributed by atoms with Gasteiger partial charge in [0.05, 0.1) is 10.6 Å². The second-order valence-electron chi connectivity index (χ2n) is 9.21. The molecule has 2 aliphatic rings. The second-order valence-corrected chi connectivity index (χ2v) is 9.61. The molecule has 0 atom stereocenters. The van der Waals surface area contributed by atoms with Crippen LogP contribution in [0.1, 0.15) is 36.8 Å². The maximum Gasteiger partial charge on any atom is 0.417 e. The smallest absolute Gasteiger partial charge is 0.317 e. The first-order valence-electron chi connectivity index (χ1n) is 11.8. The Kier molecular flexibility index (Phi) is 8.11. The molecule has 0 bridgehead atoms. The Morgan fingerprint density at radius 1 is 1.12 bits per heavy atom. The van der Waals surface area contributed by atoms with Crippen molar-refractivity contribution in [1.29, 1.82) is 0 Å². The highest BCUT2D eigenvalue weighted by molar-refractivity contribution is 6.33. The minimum Gasteiger partial charge on any atom is -0.317 e. The Labute approximate surface area is 203 Å². The van der Waals surface area contributed by atoms with Crippen LogP contribution in [0.4, 0.5) is 19.0 Å². The fraction of sp³-hybridized carbons (Fsp3) is 0.520. The fourth-order valence-electron chi connectivity index (χ4n) is 4.78. The minimum atomic E-state index is -4.54. The van der Waals surface area contributed by atoms with Gasteiger partial charge >= 0.3 is 6.18 Å². The zero-order valence-corrected chi connectivity index (χ0v) is 19.8. The SMILES string of the molecule is O=C(C1CCNCC1)N(CC1CCN(Cc2ccccc2)CC1)c1ncc(C(F)(F)F)cc1Cl. The molecule has 0 spiro atoms. The van der Waals surface area contributed by atoms with Gasteiger partial charge in [0.25, 0.3) is 0 Å². The molecule has 2 fully saturated rings. The molecule has 5 nitrogen and oxygen atoms in total. The summed E-state index contributed by atoms with van der Waals surface area (Å²) < 4.78 is 39.4. The predicted octanol–water partition coefficient (Wildman–Crippen LogP) is 5.00. The third-order valence-electron chi connectivity index (χ3n) is 6.76. The number of rotatable bonds is 6. The molecule has 0 radical (unpaired) electrons. The van der Waals surface area contributed by atoms with Crippen molar-refractivity contribution in [3.8, 4) is 0 Å². The number of likely N-dealkylation sites (tertiary alicyclic amines) is 1. The summed E-state index contributed by atoms with van der Waals surface area (Å²) in [6, 6.07) is 11.2. The lowest BCUT2D eigenvalue weighted by atomic mass is 9.93. The van der Waals surface area contributed by atoms with E-state index in [4.69, 9.17) is 11.6 Å². The first kappa shape index (κ1) is 24.9. The van der Waals surface area contributed by atoms with Crippen molar-refractivity contribution < 1.29 is 18.0 Å². The molecule has 34 heavy (non-hydrogen) atoms. The standard InChI is InChI=1S/C25H30ClF3N4O/c26-22-14-21(25(27,28)29)15-31-23(22)33(24(34)20-6-10-30-11-7-20)17-19-8-12-32(13-9-19)16-18-4-2-1-3-5-18/h1-5,14-15,19-20,30H,6-13,16-17H2. The topological polar surface area (TPSA) is 48.5 Å². The Bertz CT molecular complexity index is 958. The van der Waals surface area contributed by atoms with E-state index in [1.165, 1.54) is 5.56 Å². The molecule has 0 saturated carbocycles. The molecule has 0 unspecified atom stereocenters. The van der Waals surface area contributed by atoms with E-state index in [0.29, 0.717) is 19.4 Å². The normalized spacial score (nSPS) is 18.7. The van der Waals surface area contributed by atoms with Gasteiger partial charge in [0.1, 0.15) is 0 Å². The highest BCUT2D eigenvalue weighted by Gasteiger charge is 2.35. The van der Waals surface area contributed by atoms with Gasteiger partial charge in [-0.15, -0.1) is 0 Å². The molecule has 1 amide bonds. The highest BCUT2D eigenvalue weighted by atomic mass is 35.5. The number of halogens is 4. The number of anilines is 1. The van der Waals surface area contributed by atoms with Crippen LogP contribution in [0.2, 0.25) is 5.02 Å². The van der Waals surface area contributed by atoms with Crippen LogP contribution in [0.15, 0.2) is 42.6 Å². The molecule has 3 heterocycles. The Hall–Kier alpha value is -2.16. The van der Waals surface area contributed by atoms with Crippen molar-refractivity contribution in [2.75, 3.05) is 37.6 Å². The molecule has 1 N–H and O–H groups in total. The molecule has 0 aliphatic carbocycles. The van der Waals surface area contributed by atoms with Crippen molar-refractivity contribution in [3.05, 3.63) is 58.7 Å². The van der Waals surface area contributed by atoms with E-state index in [1.807, 2.05) is 18.2 Å². The first-order chi connectivity index (χ1) is 16.3. The average Bonchev–Trinajstić information content (AvgIpc) is 2.84. The van der Waals surface area contributed by atoms with Crippen LogP contribution in [0, 0.1) is 11.8 Å². The van der Waals surface area contributed by atoms with Crippen LogP contribution in [0.3, 0.4) is 0 Å². The lowest BCUT2D eigenvalue weighted by Crippen LogP contribution is -2.45. The molecule has 9 heteroatoms. The van der Waals surface area contributed by atoms with E-state index in [0.717, 1.165) is 57.8 Å². The molecule has 1 aromatic carbocycles. The van der Waals surface area contributed by atoms with Crippen LogP contribution >= 0.6 is 11.6 Å². The van der Waals surface area contributed by atoms with Gasteiger partial charge in [-0.25, -0.2) is 4.98 Å². The number of nitrogens with zero attached hydrogens (tertiary/aromatic N) is 3. The van der Waals surface area contributed by atoms with E-state index in [-0.39, 0.29) is 28.6 Å². The third kappa shape index (κ3) is 6.29. The van der Waals surface area contributed by atoms with Crippen molar-refractivity contribution in [2.45, 2.75) is 38.4 Å². The number of hydrogen-bond acceptors (Lipinski definition) is 4. The molecular weight excluding hydrogens is 465 g/mol. The van der Waals surface area contributed by atoms with E-state index in [1.54, 1.807) is 4.90 Å². The summed E-state index contributed by atoms with van der Waals surface area (Å²) in [5.41, 5.74) is 0.356. The van der Waals surface area contributed by atoms with Gasteiger partial charge in [-0.1, -0.05) is 41.9 Å². The summed E-state index contributed by atoms with van der Waals surface area (Å²) in [4.78, 5) is 21.5. The van der Waals surface area contributed by atoms with Crippen molar-refractivity contribution in [3.63, 3.8) is 0 Å². The van der Waals surface area contributed by atoms with Gasteiger partial charge in [-0.3, -0.25) is 14.6 Å². The molecular formula is C25H30ClF3N4O. The fourth-order valence-corrected chi connectivity index (χ4v) is 5.05. The monoisotopic (exact) mass is 494 g/mol. The number of aromatic nitrogens is 1. The number of carbonyl (C=O) groups excluding carboxylic acids is 1. The Morgan fingerprint density at radius 3 is 2.41 bits per heavy atom. The lowest BCUT2D eigenvalue weighted by Gasteiger charge is -2.36. The van der Waals surface area contributed by atoms with Crippen LogP contribution in [-0.4, -0.2) is 48.5 Å². The minimum absolute atomic E-state index is 0.0950. The lowest BCUT2D eigenvalue weighted by molar-refractivity contribution is -0.137. The Balaban J connectivity index is 1.47. The van der Waals surface area contributed by atoms with Crippen LogP contribution in [0.25, 0.3) is 0 Å². The summed E-state index contributed by atoms with van der Waals surface area (Å²) >= 11 is 6.27. The maximum atomic E-state index is 13.5. The third-order valence-corrected chi connectivity index (χ3v) is 7.03. The number of benzene rings is 1. The van der Waals surface area contributed by atoms with Gasteiger partial charge < -0.3 is 5.32 Å². The largest absolute Gasteiger partial charge is 0.417 e. The van der Waals surface area contributed by atoms with Gasteiger partial charge in [0, 0.05) is 25.2 Å². The van der Waals surface area contributed by atoms with E-state index in [9.17, 15) is 18.0 Å². The summed E-state index contributed by atoms with van der Waals surface area (Å²) in [6.45, 7) is 4.61. The van der Waals surface area contributed by atoms with Crippen molar-refractivity contribution >= 4 is 23.3 Å². The molecule has 2 aliphatic heterocycles. The van der Waals surface area contributed by atoms with Gasteiger partial charge in [-0.05, 0) is 69.4 Å². The summed E-state index contributed by atoms with van der Waals surface area (Å²) in [5, 5.41) is 3.11. The van der Waals surface area contributed by atoms with E-state index >= 15 is 0 Å². The second kappa shape index (κ2) is 11.1. The number of amides is 1. The number of carbonyl (C=O) groups is 1. The van der Waals surface area contributed by atoms with Crippen molar-refractivity contribution in [2.24, 2.45) is 11.8 Å². The summed E-state index contributed by atoms with van der Waals surface area (Å²) in [5.74, 6) is 0.0877. The number of pyridine rings is 1. The zero-order chi connectivity index (χ0) is 24.1. The molecule has 4 rings (SSSR count). The molecule has 1 aromatic heterocycles. The number of piperidine rings is 2. The first-order valence-corrected chi connectivity index (χ1v) is 12.2. The van der Waals surface area contributed by atoms with Gasteiger partial charge in [0.2, 0.25) is 5.91 Å². The summed E-state index contributed by atoms with van der Waals surface area (Å²) in [7, 11) is 0. The van der Waals surface area contributed by atoms with Crippen LogP contribution in [0.5, 0.6) is 0 Å². The van der Waals surface area contributed by atoms with E-state index < -0.39 is 11.7 Å². The van der Waals surface area contributed by atoms with Crippen molar-refractivity contribution in [1.82, 2.24) is 15.2 Å². The number of hydrogen-bond donors (Lipinski definition) is 1. The highest BCUT2D eigenvalue weighted by Crippen LogP contribution is 2.35. The van der Waals surface area contributed by atoms with Crippen LogP contribution in [-0.2, 0) is 17.5 Å². The number of nitrogens with one attached hydrogen (secondary N) is 1. The maximum absolute atomic E-state index is 13.5. The molecule has 2 saturated heterocycles. The number of alkyl halides is 3. The predicted molar refractivity (Wildman–Crippen MR) is 127 cm³/mol. The quantitative estimate of drug-likeness (QED) is 0.614. The zero-order valence-electron chi connectivity index (χ0n) is 19.0. The van der Waals surface area contributed by atoms with Gasteiger partial charge in [0.15, 0.2) is 5.82 Å². The average molecular weight is 495 g/mol.